The number of hydrogen-bond donors (Lipinski definition) is 3. The van der Waals surface area contributed by atoms with Crippen molar-refractivity contribution in [3.05, 3.63) is 0 Å². The zero-order valence-corrected chi connectivity index (χ0v) is 8.36. The van der Waals surface area contributed by atoms with E-state index in [1.807, 2.05) is 0 Å². The van der Waals surface area contributed by atoms with Gasteiger partial charge in [-0.2, -0.15) is 10.5 Å². The first-order valence-corrected chi connectivity index (χ1v) is 3.50. The SMILES string of the molecule is C[N+](C)(C)CCO.N#CN.N#CN. The Morgan fingerprint density at radius 2 is 1.38 bits per heavy atom. The van der Waals surface area contributed by atoms with Gasteiger partial charge < -0.3 is 21.1 Å². The Bertz CT molecular complexity index is 149. The van der Waals surface area contributed by atoms with Gasteiger partial charge in [-0.25, -0.2) is 0 Å². The first kappa shape index (κ1) is 17.5. The first-order valence-electron chi connectivity index (χ1n) is 3.50. The first-order chi connectivity index (χ1) is 5.89. The van der Waals surface area contributed by atoms with Crippen molar-refractivity contribution in [2.24, 2.45) is 11.5 Å². The van der Waals surface area contributed by atoms with Crippen LogP contribution in [0.1, 0.15) is 0 Å². The van der Waals surface area contributed by atoms with Gasteiger partial charge in [0.05, 0.1) is 27.7 Å². The lowest BCUT2D eigenvalue weighted by Gasteiger charge is -2.21. The summed E-state index contributed by atoms with van der Waals surface area (Å²) in [4.78, 5) is 0. The standard InChI is InChI=1S/C5H14NO.2CH2N2/c1-6(2,3)4-5-7;2*2-1-3/h7H,4-5H2,1-3H3;2*2H2/q+1;;. The molecule has 0 aromatic rings. The zero-order chi connectivity index (χ0) is 11.3. The minimum atomic E-state index is 0.281. The molecule has 76 valence electrons. The van der Waals surface area contributed by atoms with Crippen molar-refractivity contribution < 1.29 is 9.59 Å². The monoisotopic (exact) mass is 188 g/mol. The van der Waals surface area contributed by atoms with E-state index in [9.17, 15) is 0 Å². The van der Waals surface area contributed by atoms with Gasteiger partial charge in [-0.15, -0.1) is 0 Å². The van der Waals surface area contributed by atoms with Gasteiger partial charge in [-0.05, 0) is 0 Å². The molecule has 0 bridgehead atoms. The second-order valence-electron chi connectivity index (χ2n) is 3.00. The number of quaternary nitrogens is 1. The summed E-state index contributed by atoms with van der Waals surface area (Å²) in [6, 6.07) is 0. The Morgan fingerprint density at radius 3 is 1.38 bits per heavy atom. The second kappa shape index (κ2) is 13.1. The van der Waals surface area contributed by atoms with Gasteiger partial charge in [-0.3, -0.25) is 0 Å². The number of nitrogens with two attached hydrogens (primary N) is 2. The maximum Gasteiger partial charge on any atom is 0.173 e. The van der Waals surface area contributed by atoms with Crippen molar-refractivity contribution in [3.8, 4) is 12.4 Å². The molecular weight excluding hydrogens is 170 g/mol. The summed E-state index contributed by atoms with van der Waals surface area (Å²) in [5, 5.41) is 22.6. The normalized spacial score (nSPS) is 7.54. The van der Waals surface area contributed by atoms with Crippen LogP contribution in [0.3, 0.4) is 0 Å². The van der Waals surface area contributed by atoms with E-state index in [1.54, 1.807) is 0 Å². The number of rotatable bonds is 2. The van der Waals surface area contributed by atoms with E-state index in [4.69, 9.17) is 15.6 Å². The number of nitriles is 2. The Labute approximate surface area is 79.2 Å². The minimum Gasteiger partial charge on any atom is -0.391 e. The molecule has 13 heavy (non-hydrogen) atoms. The fourth-order valence-electron chi connectivity index (χ4n) is 0.300. The molecule has 0 saturated carbocycles. The Morgan fingerprint density at radius 1 is 1.15 bits per heavy atom. The minimum absolute atomic E-state index is 0.281. The van der Waals surface area contributed by atoms with E-state index in [0.29, 0.717) is 0 Å². The lowest BCUT2D eigenvalue weighted by atomic mass is 10.5. The molecule has 0 aromatic carbocycles. The smallest absolute Gasteiger partial charge is 0.173 e. The summed E-state index contributed by atoms with van der Waals surface area (Å²) in [6.07, 6.45) is 2.50. The molecule has 0 saturated heterocycles. The third-order valence-electron chi connectivity index (χ3n) is 0.771. The van der Waals surface area contributed by atoms with Gasteiger partial charge in [0.25, 0.3) is 0 Å². The third kappa shape index (κ3) is 121. The van der Waals surface area contributed by atoms with Crippen LogP contribution in [-0.4, -0.2) is 43.9 Å². The number of hydrogen-bond acceptors (Lipinski definition) is 5. The van der Waals surface area contributed by atoms with Gasteiger partial charge in [0.2, 0.25) is 0 Å². The number of aliphatic hydroxyl groups excluding tert-OH is 1. The summed E-state index contributed by atoms with van der Waals surface area (Å²) in [5.41, 5.74) is 8.31. The summed E-state index contributed by atoms with van der Waals surface area (Å²) in [7, 11) is 6.16. The predicted octanol–water partition coefficient (Wildman–Crippen LogP) is -1.46. The summed E-state index contributed by atoms with van der Waals surface area (Å²) >= 11 is 0. The molecule has 0 aliphatic carbocycles. The molecule has 0 amide bonds. The lowest BCUT2D eigenvalue weighted by molar-refractivity contribution is -0.870. The van der Waals surface area contributed by atoms with Crippen LogP contribution in [0.15, 0.2) is 0 Å². The van der Waals surface area contributed by atoms with E-state index in [-0.39, 0.29) is 6.61 Å². The van der Waals surface area contributed by atoms with Gasteiger partial charge in [0, 0.05) is 0 Å². The van der Waals surface area contributed by atoms with E-state index < -0.39 is 0 Å². The average molecular weight is 188 g/mol. The van der Waals surface area contributed by atoms with Crippen molar-refractivity contribution in [1.82, 2.24) is 0 Å². The molecular formula is C7H18N5O+. The summed E-state index contributed by atoms with van der Waals surface area (Å²) in [6.45, 7) is 1.11. The number of nitrogens with zero attached hydrogens (tertiary/aromatic N) is 3. The largest absolute Gasteiger partial charge is 0.391 e. The van der Waals surface area contributed by atoms with Crippen LogP contribution in [0.25, 0.3) is 0 Å². The van der Waals surface area contributed by atoms with Gasteiger partial charge in [-0.1, -0.05) is 0 Å². The second-order valence-corrected chi connectivity index (χ2v) is 3.00. The van der Waals surface area contributed by atoms with Crippen molar-refractivity contribution in [2.75, 3.05) is 34.3 Å². The van der Waals surface area contributed by atoms with Crippen molar-refractivity contribution in [2.45, 2.75) is 0 Å². The van der Waals surface area contributed by atoms with Crippen molar-refractivity contribution >= 4 is 0 Å². The third-order valence-corrected chi connectivity index (χ3v) is 0.771. The van der Waals surface area contributed by atoms with Crippen LogP contribution < -0.4 is 11.5 Å². The van der Waals surface area contributed by atoms with E-state index in [2.05, 4.69) is 32.6 Å². The molecule has 6 heteroatoms. The van der Waals surface area contributed by atoms with E-state index in [1.165, 1.54) is 12.4 Å². The Kier molecular flexibility index (Phi) is 17.7. The molecule has 0 atom stereocenters. The zero-order valence-electron chi connectivity index (χ0n) is 8.36. The van der Waals surface area contributed by atoms with Crippen LogP contribution in [-0.2, 0) is 0 Å². The molecule has 0 rings (SSSR count). The molecule has 5 N–H and O–H groups in total. The quantitative estimate of drug-likeness (QED) is 0.278. The van der Waals surface area contributed by atoms with Gasteiger partial charge in [0.1, 0.15) is 6.54 Å². The molecule has 0 aromatic heterocycles. The number of aliphatic hydroxyl groups is 1. The van der Waals surface area contributed by atoms with Crippen LogP contribution in [0.5, 0.6) is 0 Å². The predicted molar refractivity (Wildman–Crippen MR) is 49.6 cm³/mol. The molecule has 0 radical (unpaired) electrons. The Balaban J connectivity index is -0.000000140. The van der Waals surface area contributed by atoms with Crippen LogP contribution >= 0.6 is 0 Å². The molecule has 0 heterocycles. The maximum absolute atomic E-state index is 8.39. The highest BCUT2D eigenvalue weighted by molar-refractivity contribution is 4.47. The van der Waals surface area contributed by atoms with Crippen molar-refractivity contribution in [1.29, 1.82) is 10.5 Å². The topological polar surface area (TPSA) is 120 Å². The van der Waals surface area contributed by atoms with Gasteiger partial charge in [0.15, 0.2) is 12.4 Å². The molecule has 0 unspecified atom stereocenters. The highest BCUT2D eigenvalue weighted by Gasteiger charge is 2.02. The summed E-state index contributed by atoms with van der Waals surface area (Å²) in [5.74, 6) is 0. The fourth-order valence-corrected chi connectivity index (χ4v) is 0.300. The van der Waals surface area contributed by atoms with Crippen LogP contribution in [0.4, 0.5) is 0 Å². The molecule has 0 fully saturated rings. The van der Waals surface area contributed by atoms with Gasteiger partial charge >= 0.3 is 0 Å². The molecule has 0 spiro atoms. The number of likely N-dealkylation sites (N-methyl/N-ethyl adjacent to an activating group) is 1. The highest BCUT2D eigenvalue weighted by Crippen LogP contribution is 1.84. The Hall–Kier alpha value is -1.50. The van der Waals surface area contributed by atoms with E-state index >= 15 is 0 Å². The van der Waals surface area contributed by atoms with Crippen LogP contribution in [0.2, 0.25) is 0 Å². The average Bonchev–Trinajstić information content (AvgIpc) is 1.87. The summed E-state index contributed by atoms with van der Waals surface area (Å²) < 4.78 is 0.844. The fraction of sp³-hybridized carbons (Fsp3) is 0.714. The highest BCUT2D eigenvalue weighted by atomic mass is 16.3. The molecule has 6 nitrogen and oxygen atoms in total. The van der Waals surface area contributed by atoms with Crippen LogP contribution in [0, 0.1) is 22.9 Å². The van der Waals surface area contributed by atoms with E-state index in [0.717, 1.165) is 11.0 Å². The maximum atomic E-state index is 8.39. The van der Waals surface area contributed by atoms with Crippen molar-refractivity contribution in [3.63, 3.8) is 0 Å². The lowest BCUT2D eigenvalue weighted by Crippen LogP contribution is -2.36. The molecule has 0 aliphatic rings. The molecule has 0 aliphatic heterocycles.